The summed E-state index contributed by atoms with van der Waals surface area (Å²) >= 11 is 0. The molecule has 1 saturated heterocycles. The van der Waals surface area contributed by atoms with Gasteiger partial charge in [0.15, 0.2) is 0 Å². The zero-order chi connectivity index (χ0) is 17.4. The highest BCUT2D eigenvalue weighted by Crippen LogP contribution is 2.58. The number of nitrogens with zero attached hydrogens (tertiary/aromatic N) is 3. The molecule has 24 heavy (non-hydrogen) atoms. The lowest BCUT2D eigenvalue weighted by molar-refractivity contribution is 0.414. The van der Waals surface area contributed by atoms with Crippen molar-refractivity contribution in [1.29, 1.82) is 0 Å². The summed E-state index contributed by atoms with van der Waals surface area (Å²) in [6.45, 7) is 3.19. The Balaban J connectivity index is 1.87. The lowest BCUT2D eigenvalue weighted by Crippen LogP contribution is -2.37. The van der Waals surface area contributed by atoms with Gasteiger partial charge in [0, 0.05) is 27.2 Å². The summed E-state index contributed by atoms with van der Waals surface area (Å²) in [6, 6.07) is 4.39. The maximum atomic E-state index is 12.9. The van der Waals surface area contributed by atoms with Crippen LogP contribution in [0.1, 0.15) is 13.3 Å². The quantitative estimate of drug-likeness (QED) is 0.779. The normalized spacial score (nSPS) is 26.7. The first-order valence-corrected chi connectivity index (χ1v) is 9.29. The molecule has 4 rings (SSSR count). The van der Waals surface area contributed by atoms with Crippen LogP contribution in [0, 0.1) is 11.3 Å². The fourth-order valence-electron chi connectivity index (χ4n) is 3.76. The Kier molecular flexibility index (Phi) is 2.97. The number of benzene rings is 1. The van der Waals surface area contributed by atoms with Crippen LogP contribution in [-0.4, -0.2) is 34.9 Å². The fourth-order valence-corrected chi connectivity index (χ4v) is 5.41. The minimum Gasteiger partial charge on any atom is -0.296 e. The van der Waals surface area contributed by atoms with Crippen molar-refractivity contribution in [2.45, 2.75) is 18.2 Å². The van der Waals surface area contributed by atoms with Crippen LogP contribution < -0.4 is 11.2 Å². The van der Waals surface area contributed by atoms with Gasteiger partial charge in [-0.1, -0.05) is 6.92 Å². The van der Waals surface area contributed by atoms with Gasteiger partial charge in [0.2, 0.25) is 10.0 Å². The Bertz CT molecular complexity index is 1100. The van der Waals surface area contributed by atoms with Crippen LogP contribution in [0.25, 0.3) is 10.9 Å². The van der Waals surface area contributed by atoms with Crippen molar-refractivity contribution < 1.29 is 8.42 Å². The molecule has 1 aromatic carbocycles. The highest BCUT2D eigenvalue weighted by Gasteiger charge is 2.58. The average molecular weight is 349 g/mol. The number of sulfonamides is 1. The highest BCUT2D eigenvalue weighted by molar-refractivity contribution is 7.89. The Morgan fingerprint density at radius 3 is 2.50 bits per heavy atom. The molecule has 0 bridgehead atoms. The van der Waals surface area contributed by atoms with Crippen molar-refractivity contribution in [3.05, 3.63) is 39.0 Å². The molecule has 2 aliphatic rings. The molecule has 0 radical (unpaired) electrons. The molecular weight excluding hydrogens is 330 g/mol. The molecule has 7 nitrogen and oxygen atoms in total. The molecule has 1 aliphatic carbocycles. The van der Waals surface area contributed by atoms with Crippen molar-refractivity contribution in [2.75, 3.05) is 13.1 Å². The van der Waals surface area contributed by atoms with E-state index in [0.29, 0.717) is 24.5 Å². The van der Waals surface area contributed by atoms with Crippen molar-refractivity contribution in [3.63, 3.8) is 0 Å². The molecule has 0 amide bonds. The van der Waals surface area contributed by atoms with Crippen LogP contribution in [0.2, 0.25) is 0 Å². The summed E-state index contributed by atoms with van der Waals surface area (Å²) in [5.41, 5.74) is -0.375. The van der Waals surface area contributed by atoms with Crippen molar-refractivity contribution in [2.24, 2.45) is 25.4 Å². The maximum Gasteiger partial charge on any atom is 0.330 e. The molecule has 2 aromatic rings. The third kappa shape index (κ3) is 1.96. The summed E-state index contributed by atoms with van der Waals surface area (Å²) in [5.74, 6) is 0.446. The summed E-state index contributed by atoms with van der Waals surface area (Å²) in [4.78, 5) is 24.4. The van der Waals surface area contributed by atoms with Gasteiger partial charge in [-0.3, -0.25) is 13.9 Å². The number of hydrogen-bond donors (Lipinski definition) is 0. The molecule has 128 valence electrons. The van der Waals surface area contributed by atoms with Crippen molar-refractivity contribution >= 4 is 20.9 Å². The van der Waals surface area contributed by atoms with Gasteiger partial charge in [-0.25, -0.2) is 13.2 Å². The van der Waals surface area contributed by atoms with Gasteiger partial charge in [-0.2, -0.15) is 4.31 Å². The first-order valence-electron chi connectivity index (χ1n) is 7.85. The first kappa shape index (κ1) is 15.6. The number of aryl methyl sites for hydroxylation is 1. The minimum atomic E-state index is -3.63. The van der Waals surface area contributed by atoms with E-state index in [1.807, 2.05) is 0 Å². The van der Waals surface area contributed by atoms with E-state index in [-0.39, 0.29) is 15.7 Å². The fraction of sp³-hybridized carbons (Fsp3) is 0.500. The summed E-state index contributed by atoms with van der Waals surface area (Å²) in [6.07, 6.45) is 1.08. The second-order valence-electron chi connectivity index (χ2n) is 7.24. The van der Waals surface area contributed by atoms with Gasteiger partial charge in [-0.05, 0) is 36.0 Å². The molecule has 2 atom stereocenters. The van der Waals surface area contributed by atoms with Crippen molar-refractivity contribution in [3.8, 4) is 0 Å². The molecular formula is C16H19N3O4S. The second-order valence-corrected chi connectivity index (χ2v) is 9.18. The SMILES string of the molecule is Cn1c(=O)c2cc(S(=O)(=O)N3CC4CC4(C)C3)ccc2n(C)c1=O. The summed E-state index contributed by atoms with van der Waals surface area (Å²) < 4.78 is 29.6. The zero-order valence-corrected chi connectivity index (χ0v) is 14.6. The molecule has 0 spiro atoms. The van der Waals surface area contributed by atoms with E-state index < -0.39 is 21.3 Å². The van der Waals surface area contributed by atoms with Gasteiger partial charge >= 0.3 is 5.69 Å². The summed E-state index contributed by atoms with van der Waals surface area (Å²) in [7, 11) is -0.674. The molecule has 1 aromatic heterocycles. The number of fused-ring (bicyclic) bond motifs is 2. The van der Waals surface area contributed by atoms with Crippen LogP contribution in [-0.2, 0) is 24.1 Å². The van der Waals surface area contributed by atoms with E-state index in [1.54, 1.807) is 7.05 Å². The standard InChI is InChI=1S/C16H19N3O4S/c1-16-7-10(16)8-19(9-16)24(22,23)11-4-5-13-12(6-11)14(20)18(3)15(21)17(13)2/h4-6,10H,7-9H2,1-3H3. The molecule has 1 aliphatic heterocycles. The number of aromatic nitrogens is 2. The van der Waals surface area contributed by atoms with Gasteiger partial charge in [0.05, 0.1) is 15.8 Å². The van der Waals surface area contributed by atoms with E-state index in [1.165, 1.54) is 34.1 Å². The lowest BCUT2D eigenvalue weighted by Gasteiger charge is -2.19. The maximum absolute atomic E-state index is 12.9. The van der Waals surface area contributed by atoms with Gasteiger partial charge < -0.3 is 0 Å². The van der Waals surface area contributed by atoms with Gasteiger partial charge in [0.25, 0.3) is 5.56 Å². The number of hydrogen-bond acceptors (Lipinski definition) is 4. The Labute approximate surface area is 139 Å². The Morgan fingerprint density at radius 2 is 1.88 bits per heavy atom. The highest BCUT2D eigenvalue weighted by atomic mass is 32.2. The number of rotatable bonds is 2. The molecule has 2 heterocycles. The van der Waals surface area contributed by atoms with E-state index >= 15 is 0 Å². The topological polar surface area (TPSA) is 81.4 Å². The third-order valence-corrected chi connectivity index (χ3v) is 7.38. The van der Waals surface area contributed by atoms with Gasteiger partial charge in [0.1, 0.15) is 0 Å². The molecule has 1 saturated carbocycles. The van der Waals surface area contributed by atoms with Gasteiger partial charge in [-0.15, -0.1) is 0 Å². The van der Waals surface area contributed by atoms with E-state index in [9.17, 15) is 18.0 Å². The minimum absolute atomic E-state index is 0.107. The van der Waals surface area contributed by atoms with Crippen LogP contribution in [0.4, 0.5) is 0 Å². The van der Waals surface area contributed by atoms with Crippen LogP contribution in [0.15, 0.2) is 32.7 Å². The lowest BCUT2D eigenvalue weighted by atomic mass is 10.1. The van der Waals surface area contributed by atoms with Crippen LogP contribution in [0.5, 0.6) is 0 Å². The Hall–Kier alpha value is -1.93. The largest absolute Gasteiger partial charge is 0.330 e. The third-order valence-electron chi connectivity index (χ3n) is 5.58. The summed E-state index contributed by atoms with van der Waals surface area (Å²) in [5, 5.41) is 0.233. The number of piperidine rings is 1. The average Bonchev–Trinajstić information content (AvgIpc) is 3.07. The second kappa shape index (κ2) is 4.58. The zero-order valence-electron chi connectivity index (χ0n) is 13.8. The van der Waals surface area contributed by atoms with E-state index in [0.717, 1.165) is 11.0 Å². The van der Waals surface area contributed by atoms with E-state index in [4.69, 9.17) is 0 Å². The predicted molar refractivity (Wildman–Crippen MR) is 89.4 cm³/mol. The Morgan fingerprint density at radius 1 is 1.17 bits per heavy atom. The van der Waals surface area contributed by atoms with E-state index in [2.05, 4.69) is 6.92 Å². The molecule has 2 unspecified atom stereocenters. The van der Waals surface area contributed by atoms with Crippen LogP contribution in [0.3, 0.4) is 0 Å². The van der Waals surface area contributed by atoms with Crippen molar-refractivity contribution in [1.82, 2.24) is 13.4 Å². The molecule has 0 N–H and O–H groups in total. The predicted octanol–water partition coefficient (Wildman–Crippen LogP) is 0.268. The monoisotopic (exact) mass is 349 g/mol. The van der Waals surface area contributed by atoms with Crippen LogP contribution >= 0.6 is 0 Å². The molecule has 2 fully saturated rings. The first-order chi connectivity index (χ1) is 11.1. The molecule has 8 heteroatoms. The smallest absolute Gasteiger partial charge is 0.296 e.